The van der Waals surface area contributed by atoms with Crippen LogP contribution in [0.4, 0.5) is 5.82 Å². The summed E-state index contributed by atoms with van der Waals surface area (Å²) in [5.74, 6) is -1.34. The van der Waals surface area contributed by atoms with Crippen molar-refractivity contribution in [3.05, 3.63) is 30.8 Å². The number of carbonyl (C=O) groups is 2. The van der Waals surface area contributed by atoms with Crippen LogP contribution in [0.15, 0.2) is 6.07 Å². The zero-order valence-electron chi connectivity index (χ0n) is 9.81. The molecule has 0 aliphatic rings. The van der Waals surface area contributed by atoms with Crippen LogP contribution >= 0.6 is 0 Å². The smallest absolute Gasteiger partial charge is 0.295 e. The number of methoxy groups -OCH3 is 2. The molecule has 0 bridgehead atoms. The number of nitrogens with zero attached hydrogens (tertiary/aromatic N) is 1. The van der Waals surface area contributed by atoms with E-state index < -0.39 is 11.9 Å². The monoisotopic (exact) mass is 313 g/mol. The van der Waals surface area contributed by atoms with E-state index >= 15 is 0 Å². The second kappa shape index (κ2) is 8.14. The third-order valence-electron chi connectivity index (χ3n) is 1.65. The number of ether oxygens (including phenoxy) is 2. The molecule has 2 N–H and O–H groups in total. The number of nitrogens with two attached hydrogens (primary N) is 1. The Balaban J connectivity index is 0. The Bertz CT molecular complexity index is 409. The Labute approximate surface area is 125 Å². The molecule has 1 aromatic rings. The van der Waals surface area contributed by atoms with Gasteiger partial charge < -0.3 is 32.4 Å². The third-order valence-corrected chi connectivity index (χ3v) is 1.65. The van der Waals surface area contributed by atoms with Crippen LogP contribution in [0.2, 0.25) is 0 Å². The van der Waals surface area contributed by atoms with E-state index in [-0.39, 0.29) is 57.1 Å². The molecule has 1 rings (SSSR count). The van der Waals surface area contributed by atoms with E-state index in [1.54, 1.807) is 0 Å². The first-order chi connectivity index (χ1) is 7.10. The molecule has 6 nitrogen and oxygen atoms in total. The van der Waals surface area contributed by atoms with Crippen molar-refractivity contribution in [2.24, 2.45) is 0 Å². The predicted molar refractivity (Wildman–Crippen MR) is 56.6 cm³/mol. The Kier molecular flexibility index (Phi) is 8.79. The van der Waals surface area contributed by atoms with Crippen molar-refractivity contribution in [2.75, 3.05) is 20.0 Å². The molecule has 0 aliphatic heterocycles. The van der Waals surface area contributed by atoms with Crippen LogP contribution in [-0.2, 0) is 42.2 Å². The Hall–Kier alpha value is -1.01. The van der Waals surface area contributed by atoms with Crippen LogP contribution in [0.1, 0.15) is 20.7 Å². The van der Waals surface area contributed by atoms with Crippen LogP contribution in [0.25, 0.3) is 0 Å². The van der Waals surface area contributed by atoms with Gasteiger partial charge >= 0.3 is 0 Å². The molecule has 0 saturated carbocycles. The van der Waals surface area contributed by atoms with Crippen molar-refractivity contribution >= 4 is 17.8 Å². The first-order valence-corrected chi connectivity index (χ1v) is 3.95. The molecule has 0 spiro atoms. The first kappa shape index (κ1) is 18.4. The molecule has 0 aromatic carbocycles. The summed E-state index contributed by atoms with van der Waals surface area (Å²) < 4.78 is 8.93. The van der Waals surface area contributed by atoms with Gasteiger partial charge in [-0.3, -0.25) is 4.79 Å². The second-order valence-electron chi connectivity index (χ2n) is 2.56. The Morgan fingerprint density at radius 2 is 1.82 bits per heavy atom. The average Bonchev–Trinajstić information content (AvgIpc) is 2.26. The number of nitrogen functional groups attached to an aromatic ring is 1. The van der Waals surface area contributed by atoms with Gasteiger partial charge in [0.1, 0.15) is 0 Å². The number of hydrogen-bond acceptors (Lipinski definition) is 6. The molecule has 1 radical (unpaired) electrons. The summed E-state index contributed by atoms with van der Waals surface area (Å²) in [7, 11) is 2.38. The van der Waals surface area contributed by atoms with E-state index in [1.807, 2.05) is 0 Å². The summed E-state index contributed by atoms with van der Waals surface area (Å²) in [5, 5.41) is 0. The Morgan fingerprint density at radius 3 is 2.29 bits per heavy atom. The molecule has 17 heavy (non-hydrogen) atoms. The zero-order valence-corrected chi connectivity index (χ0v) is 12.7. The van der Waals surface area contributed by atoms with E-state index in [0.717, 1.165) is 0 Å². The van der Waals surface area contributed by atoms with Crippen LogP contribution in [0, 0.1) is 13.6 Å². The molecule has 7 heteroatoms. The summed E-state index contributed by atoms with van der Waals surface area (Å²) >= 11 is 0. The zero-order chi connectivity index (χ0) is 11.4. The average molecular weight is 313 g/mol. The molecule has 0 fully saturated rings. The maximum absolute atomic E-state index is 11.3. The molecular weight excluding hydrogens is 301 g/mol. The standard InChI is InChI=1S/C9H9N2O4.CH3.Y/c1-14-8(12)5-3-7(10)11-4-6(5)9(13)15-2;;/h3H,1-2H3,(H2,10,11);1H3;/q2*-1;. The van der Waals surface area contributed by atoms with Gasteiger partial charge in [0.05, 0.1) is 14.2 Å². The maximum Gasteiger partial charge on any atom is 0.295 e. The normalized spacial score (nSPS) is 8.35. The molecule has 1 heterocycles. The molecule has 0 amide bonds. The van der Waals surface area contributed by atoms with Crippen LogP contribution < -0.4 is 5.73 Å². The minimum Gasteiger partial charge on any atom is -0.509 e. The molecule has 0 atom stereocenters. The minimum absolute atomic E-state index is 0. The van der Waals surface area contributed by atoms with Crippen LogP contribution in [-0.4, -0.2) is 31.1 Å². The predicted octanol–water partition coefficient (Wildman–Crippen LogP) is 0.485. The second-order valence-corrected chi connectivity index (χ2v) is 2.56. The minimum atomic E-state index is -0.720. The largest absolute Gasteiger partial charge is 0.509 e. The van der Waals surface area contributed by atoms with E-state index in [2.05, 4.69) is 20.7 Å². The van der Waals surface area contributed by atoms with Gasteiger partial charge in [-0.05, 0) is 17.3 Å². The van der Waals surface area contributed by atoms with Gasteiger partial charge in [0.2, 0.25) is 0 Å². The number of carbonyl (C=O) groups excluding carboxylic acids is 2. The molecule has 91 valence electrons. The van der Waals surface area contributed by atoms with Gasteiger partial charge in [-0.1, -0.05) is 6.07 Å². The summed E-state index contributed by atoms with van der Waals surface area (Å²) in [6.07, 6.45) is 2.32. The van der Waals surface area contributed by atoms with Crippen molar-refractivity contribution in [2.45, 2.75) is 0 Å². The van der Waals surface area contributed by atoms with E-state index in [0.29, 0.717) is 0 Å². The fraction of sp³-hybridized carbons (Fsp3) is 0.200. The number of hydrogen-bond donors (Lipinski definition) is 1. The molecule has 0 saturated heterocycles. The molecular formula is C10H12N2O4Y-2. The van der Waals surface area contributed by atoms with Gasteiger partial charge in [0.25, 0.3) is 11.9 Å². The summed E-state index contributed by atoms with van der Waals surface area (Å²) in [4.78, 5) is 26.1. The van der Waals surface area contributed by atoms with Crippen LogP contribution in [0.3, 0.4) is 0 Å². The number of esters is 2. The number of aromatic nitrogens is 1. The molecule has 1 aromatic heterocycles. The van der Waals surface area contributed by atoms with Crippen molar-refractivity contribution in [3.8, 4) is 0 Å². The van der Waals surface area contributed by atoms with Crippen molar-refractivity contribution in [3.63, 3.8) is 0 Å². The van der Waals surface area contributed by atoms with Gasteiger partial charge in [-0.2, -0.15) is 0 Å². The fourth-order valence-corrected chi connectivity index (χ4v) is 0.962. The Morgan fingerprint density at radius 1 is 1.29 bits per heavy atom. The van der Waals surface area contributed by atoms with E-state index in [9.17, 15) is 9.59 Å². The third kappa shape index (κ3) is 4.40. The summed E-state index contributed by atoms with van der Waals surface area (Å²) in [5.41, 5.74) is 5.24. The topological polar surface area (TPSA) is 91.5 Å². The molecule has 0 unspecified atom stereocenters. The van der Waals surface area contributed by atoms with E-state index in [1.165, 1.54) is 20.3 Å². The SMILES string of the molecule is COC(=O)c1[c-]nc(N)cc1C(=O)OC.[CH3-].[Y]. The van der Waals surface area contributed by atoms with E-state index in [4.69, 9.17) is 5.73 Å². The van der Waals surface area contributed by atoms with Crippen molar-refractivity contribution in [1.82, 2.24) is 4.98 Å². The fourth-order valence-electron chi connectivity index (χ4n) is 0.962. The quantitative estimate of drug-likeness (QED) is 0.631. The summed E-state index contributed by atoms with van der Waals surface area (Å²) in [6.45, 7) is 0. The molecule has 0 aliphatic carbocycles. The number of anilines is 1. The van der Waals surface area contributed by atoms with Gasteiger partial charge in [-0.15, -0.1) is 0 Å². The number of pyridine rings is 1. The number of rotatable bonds is 2. The first-order valence-electron chi connectivity index (χ1n) is 3.95. The van der Waals surface area contributed by atoms with Gasteiger partial charge in [0, 0.05) is 38.5 Å². The maximum atomic E-state index is 11.3. The van der Waals surface area contributed by atoms with Gasteiger partial charge in [-0.25, -0.2) is 0 Å². The van der Waals surface area contributed by atoms with Crippen molar-refractivity contribution < 1.29 is 51.8 Å². The van der Waals surface area contributed by atoms with Crippen molar-refractivity contribution in [1.29, 1.82) is 0 Å². The van der Waals surface area contributed by atoms with Crippen LogP contribution in [0.5, 0.6) is 0 Å². The van der Waals surface area contributed by atoms with Gasteiger partial charge in [0.15, 0.2) is 0 Å². The summed E-state index contributed by atoms with van der Waals surface area (Å²) in [6, 6.07) is 1.23.